The van der Waals surface area contributed by atoms with Crippen LogP contribution < -0.4 is 5.32 Å². The monoisotopic (exact) mass is 287 g/mol. The highest BCUT2D eigenvalue weighted by atomic mass is 32.2. The molecule has 2 aliphatic heterocycles. The van der Waals surface area contributed by atoms with Crippen LogP contribution >= 0.6 is 0 Å². The van der Waals surface area contributed by atoms with Crippen LogP contribution in [0.2, 0.25) is 0 Å². The lowest BCUT2D eigenvalue weighted by atomic mass is 9.94. The molecule has 5 nitrogen and oxygen atoms in total. The number of nitrogens with zero attached hydrogens (tertiary/aromatic N) is 2. The van der Waals surface area contributed by atoms with Crippen LogP contribution in [0.25, 0.3) is 0 Å². The predicted octanol–water partition coefficient (Wildman–Crippen LogP) is 0.791. The van der Waals surface area contributed by atoms with E-state index in [0.717, 1.165) is 38.9 Å². The van der Waals surface area contributed by atoms with Gasteiger partial charge in [-0.25, -0.2) is 0 Å². The minimum Gasteiger partial charge on any atom is -0.315 e. The Hall–Kier alpha value is -0.170. The Labute approximate surface area is 116 Å². The smallest absolute Gasteiger partial charge is 0.282 e. The molecular formula is C13H25N3O2S. The Morgan fingerprint density at radius 3 is 2.63 bits per heavy atom. The number of hydrogen-bond acceptors (Lipinski definition) is 3. The lowest BCUT2D eigenvalue weighted by Gasteiger charge is -2.39. The molecule has 0 aromatic carbocycles. The summed E-state index contributed by atoms with van der Waals surface area (Å²) in [7, 11) is -3.24. The summed E-state index contributed by atoms with van der Waals surface area (Å²) in [5.74, 6) is 0.619. The zero-order valence-corrected chi connectivity index (χ0v) is 12.4. The van der Waals surface area contributed by atoms with Gasteiger partial charge in [0, 0.05) is 32.2 Å². The van der Waals surface area contributed by atoms with Gasteiger partial charge >= 0.3 is 0 Å². The molecule has 110 valence electrons. The average molecular weight is 287 g/mol. The van der Waals surface area contributed by atoms with Gasteiger partial charge in [0.2, 0.25) is 0 Å². The SMILES string of the molecule is O=S(=O)(N1CCCNCC1)N1CCCC2CCCC21. The van der Waals surface area contributed by atoms with Crippen molar-refractivity contribution >= 4 is 10.2 Å². The van der Waals surface area contributed by atoms with Crippen molar-refractivity contribution in [1.29, 1.82) is 0 Å². The van der Waals surface area contributed by atoms with Crippen molar-refractivity contribution in [3.05, 3.63) is 0 Å². The summed E-state index contributed by atoms with van der Waals surface area (Å²) in [4.78, 5) is 0. The molecule has 6 heteroatoms. The normalized spacial score (nSPS) is 34.9. The molecule has 3 aliphatic rings. The molecular weight excluding hydrogens is 262 g/mol. The van der Waals surface area contributed by atoms with E-state index in [1.165, 1.54) is 19.3 Å². The van der Waals surface area contributed by atoms with Gasteiger partial charge in [-0.2, -0.15) is 17.0 Å². The molecule has 0 spiro atoms. The van der Waals surface area contributed by atoms with Crippen molar-refractivity contribution in [3.63, 3.8) is 0 Å². The summed E-state index contributed by atoms with van der Waals surface area (Å²) in [6.07, 6.45) is 6.66. The van der Waals surface area contributed by atoms with Crippen LogP contribution in [0.3, 0.4) is 0 Å². The Morgan fingerprint density at radius 2 is 1.74 bits per heavy atom. The maximum absolute atomic E-state index is 12.9. The first-order valence-electron chi connectivity index (χ1n) is 7.67. The maximum atomic E-state index is 12.9. The van der Waals surface area contributed by atoms with E-state index in [1.807, 2.05) is 4.31 Å². The van der Waals surface area contributed by atoms with Crippen LogP contribution in [-0.4, -0.2) is 55.8 Å². The third-order valence-corrected chi connectivity index (χ3v) is 6.93. The summed E-state index contributed by atoms with van der Waals surface area (Å²) in [5.41, 5.74) is 0. The summed E-state index contributed by atoms with van der Waals surface area (Å²) < 4.78 is 29.3. The summed E-state index contributed by atoms with van der Waals surface area (Å²) >= 11 is 0. The van der Waals surface area contributed by atoms with E-state index in [1.54, 1.807) is 4.31 Å². The van der Waals surface area contributed by atoms with Crippen molar-refractivity contribution < 1.29 is 8.42 Å². The molecule has 1 saturated carbocycles. The molecule has 0 amide bonds. The van der Waals surface area contributed by atoms with Crippen molar-refractivity contribution in [3.8, 4) is 0 Å². The molecule has 0 bridgehead atoms. The van der Waals surface area contributed by atoms with Crippen LogP contribution in [-0.2, 0) is 10.2 Å². The van der Waals surface area contributed by atoms with E-state index >= 15 is 0 Å². The van der Waals surface area contributed by atoms with Gasteiger partial charge in [0.15, 0.2) is 0 Å². The van der Waals surface area contributed by atoms with E-state index < -0.39 is 10.2 Å². The van der Waals surface area contributed by atoms with Crippen LogP contribution in [0.1, 0.15) is 38.5 Å². The van der Waals surface area contributed by atoms with E-state index in [9.17, 15) is 8.42 Å². The van der Waals surface area contributed by atoms with Crippen molar-refractivity contribution in [1.82, 2.24) is 13.9 Å². The quantitative estimate of drug-likeness (QED) is 0.817. The Kier molecular flexibility index (Phi) is 4.12. The minimum absolute atomic E-state index is 0.287. The number of rotatable bonds is 2. The van der Waals surface area contributed by atoms with Crippen LogP contribution in [0.5, 0.6) is 0 Å². The second kappa shape index (κ2) is 5.68. The lowest BCUT2D eigenvalue weighted by Crippen LogP contribution is -2.52. The molecule has 3 fully saturated rings. The van der Waals surface area contributed by atoms with Crippen molar-refractivity contribution in [2.24, 2.45) is 5.92 Å². The number of fused-ring (bicyclic) bond motifs is 1. The highest BCUT2D eigenvalue weighted by molar-refractivity contribution is 7.86. The van der Waals surface area contributed by atoms with E-state index in [4.69, 9.17) is 0 Å². The second-order valence-corrected chi connectivity index (χ2v) is 7.90. The van der Waals surface area contributed by atoms with Crippen molar-refractivity contribution in [2.75, 3.05) is 32.7 Å². The van der Waals surface area contributed by atoms with Gasteiger partial charge in [-0.05, 0) is 44.6 Å². The number of piperidine rings is 1. The third-order valence-electron chi connectivity index (χ3n) is 4.86. The minimum atomic E-state index is -3.24. The maximum Gasteiger partial charge on any atom is 0.282 e. The van der Waals surface area contributed by atoms with Gasteiger partial charge in [-0.15, -0.1) is 0 Å². The number of nitrogens with one attached hydrogen (secondary N) is 1. The van der Waals surface area contributed by atoms with Gasteiger partial charge in [0.05, 0.1) is 0 Å². The molecule has 0 radical (unpaired) electrons. The van der Waals surface area contributed by atoms with Crippen LogP contribution in [0, 0.1) is 5.92 Å². The summed E-state index contributed by atoms with van der Waals surface area (Å²) in [6, 6.07) is 0.287. The summed E-state index contributed by atoms with van der Waals surface area (Å²) in [5, 5.41) is 3.27. The molecule has 1 N–H and O–H groups in total. The van der Waals surface area contributed by atoms with E-state index in [2.05, 4.69) is 5.32 Å². The summed E-state index contributed by atoms with van der Waals surface area (Å²) in [6.45, 7) is 3.73. The fourth-order valence-electron chi connectivity index (χ4n) is 3.89. The number of hydrogen-bond donors (Lipinski definition) is 1. The lowest BCUT2D eigenvalue weighted by molar-refractivity contribution is 0.189. The zero-order chi connectivity index (χ0) is 13.3. The third kappa shape index (κ3) is 2.68. The van der Waals surface area contributed by atoms with E-state index in [-0.39, 0.29) is 6.04 Å². The molecule has 0 aromatic rings. The first-order chi connectivity index (χ1) is 9.19. The van der Waals surface area contributed by atoms with Gasteiger partial charge in [0.1, 0.15) is 0 Å². The highest BCUT2D eigenvalue weighted by Gasteiger charge is 2.42. The van der Waals surface area contributed by atoms with Gasteiger partial charge < -0.3 is 5.32 Å². The molecule has 19 heavy (non-hydrogen) atoms. The Morgan fingerprint density at radius 1 is 0.895 bits per heavy atom. The van der Waals surface area contributed by atoms with Gasteiger partial charge in [-0.1, -0.05) is 6.42 Å². The second-order valence-electron chi connectivity index (χ2n) is 6.02. The first kappa shape index (κ1) is 13.8. The topological polar surface area (TPSA) is 52.7 Å². The first-order valence-corrected chi connectivity index (χ1v) is 9.07. The van der Waals surface area contributed by atoms with Gasteiger partial charge in [0.25, 0.3) is 10.2 Å². The van der Waals surface area contributed by atoms with Crippen LogP contribution in [0.4, 0.5) is 0 Å². The Balaban J connectivity index is 1.78. The molecule has 3 rings (SSSR count). The molecule has 2 atom stereocenters. The largest absolute Gasteiger partial charge is 0.315 e. The molecule has 2 unspecified atom stereocenters. The highest BCUT2D eigenvalue weighted by Crippen LogP contribution is 2.38. The molecule has 1 aliphatic carbocycles. The van der Waals surface area contributed by atoms with Gasteiger partial charge in [-0.3, -0.25) is 0 Å². The van der Waals surface area contributed by atoms with E-state index in [0.29, 0.717) is 19.0 Å². The fraction of sp³-hybridized carbons (Fsp3) is 1.00. The fourth-order valence-corrected chi connectivity index (χ4v) is 5.85. The average Bonchev–Trinajstić information content (AvgIpc) is 2.70. The zero-order valence-electron chi connectivity index (χ0n) is 11.6. The predicted molar refractivity (Wildman–Crippen MR) is 75.0 cm³/mol. The molecule has 0 aromatic heterocycles. The Bertz CT molecular complexity index is 404. The molecule has 2 heterocycles. The van der Waals surface area contributed by atoms with Crippen LogP contribution in [0.15, 0.2) is 0 Å². The standard InChI is InChI=1S/C13H25N3O2S/c17-19(18,15-9-3-7-14-8-11-15)16-10-2-5-12-4-1-6-13(12)16/h12-14H,1-11H2. The van der Waals surface area contributed by atoms with Crippen molar-refractivity contribution in [2.45, 2.75) is 44.6 Å². The molecule has 2 saturated heterocycles.